The van der Waals surface area contributed by atoms with Crippen molar-refractivity contribution in [1.29, 1.82) is 0 Å². The SMILES string of the molecule is CCCNC(=O)[C@H](CC)N(Cc1ccc(Cl)c(Cl)c1)C(=O)Cc1ccc(C)c(C)c1. The second-order valence-electron chi connectivity index (χ2n) is 7.58. The lowest BCUT2D eigenvalue weighted by Crippen LogP contribution is -2.49. The van der Waals surface area contributed by atoms with E-state index >= 15 is 0 Å². The Bertz CT molecular complexity index is 899. The van der Waals surface area contributed by atoms with Crippen LogP contribution in [0.15, 0.2) is 36.4 Å². The van der Waals surface area contributed by atoms with Crippen molar-refractivity contribution < 1.29 is 9.59 Å². The third-order valence-corrected chi connectivity index (χ3v) is 5.94. The first-order chi connectivity index (χ1) is 14.3. The van der Waals surface area contributed by atoms with Crippen LogP contribution in [-0.4, -0.2) is 29.3 Å². The van der Waals surface area contributed by atoms with Gasteiger partial charge in [-0.1, -0.05) is 61.3 Å². The van der Waals surface area contributed by atoms with E-state index < -0.39 is 6.04 Å². The maximum Gasteiger partial charge on any atom is 0.242 e. The van der Waals surface area contributed by atoms with E-state index in [0.29, 0.717) is 29.6 Å². The third kappa shape index (κ3) is 6.48. The number of hydrogen-bond donors (Lipinski definition) is 1. The fraction of sp³-hybridized carbons (Fsp3) is 0.417. The first-order valence-electron chi connectivity index (χ1n) is 10.3. The van der Waals surface area contributed by atoms with Crippen LogP contribution >= 0.6 is 23.2 Å². The van der Waals surface area contributed by atoms with Crippen molar-refractivity contribution in [2.24, 2.45) is 0 Å². The molecular formula is C24H30Cl2N2O2. The largest absolute Gasteiger partial charge is 0.354 e. The van der Waals surface area contributed by atoms with E-state index in [2.05, 4.69) is 5.32 Å². The molecule has 0 bridgehead atoms. The van der Waals surface area contributed by atoms with Crippen LogP contribution in [0.5, 0.6) is 0 Å². The Morgan fingerprint density at radius 3 is 2.27 bits per heavy atom. The average Bonchev–Trinajstić information content (AvgIpc) is 2.71. The fourth-order valence-electron chi connectivity index (χ4n) is 3.31. The minimum Gasteiger partial charge on any atom is -0.354 e. The molecule has 1 atom stereocenters. The van der Waals surface area contributed by atoms with Gasteiger partial charge in [0.05, 0.1) is 16.5 Å². The summed E-state index contributed by atoms with van der Waals surface area (Å²) in [6.07, 6.45) is 1.60. The third-order valence-electron chi connectivity index (χ3n) is 5.20. The Morgan fingerprint density at radius 1 is 0.967 bits per heavy atom. The number of nitrogens with zero attached hydrogens (tertiary/aromatic N) is 1. The zero-order chi connectivity index (χ0) is 22.3. The zero-order valence-electron chi connectivity index (χ0n) is 18.1. The molecule has 0 aliphatic heterocycles. The van der Waals surface area contributed by atoms with Gasteiger partial charge in [0.1, 0.15) is 6.04 Å². The van der Waals surface area contributed by atoms with Crippen molar-refractivity contribution in [3.63, 3.8) is 0 Å². The second kappa shape index (κ2) is 11.4. The molecule has 0 fully saturated rings. The number of amides is 2. The van der Waals surface area contributed by atoms with Gasteiger partial charge in [-0.25, -0.2) is 0 Å². The molecule has 162 valence electrons. The van der Waals surface area contributed by atoms with Gasteiger partial charge in [-0.2, -0.15) is 0 Å². The van der Waals surface area contributed by atoms with E-state index in [-0.39, 0.29) is 18.2 Å². The predicted molar refractivity (Wildman–Crippen MR) is 124 cm³/mol. The summed E-state index contributed by atoms with van der Waals surface area (Å²) < 4.78 is 0. The van der Waals surface area contributed by atoms with Crippen molar-refractivity contribution >= 4 is 35.0 Å². The summed E-state index contributed by atoms with van der Waals surface area (Å²) in [4.78, 5) is 27.8. The van der Waals surface area contributed by atoms with Crippen LogP contribution in [0.1, 0.15) is 48.9 Å². The summed E-state index contributed by atoms with van der Waals surface area (Å²) in [7, 11) is 0. The molecule has 0 heterocycles. The Labute approximate surface area is 189 Å². The van der Waals surface area contributed by atoms with Crippen LogP contribution in [0.4, 0.5) is 0 Å². The van der Waals surface area contributed by atoms with Gasteiger partial charge in [0.25, 0.3) is 0 Å². The minimum atomic E-state index is -0.551. The predicted octanol–water partition coefficient (Wildman–Crippen LogP) is 5.49. The molecule has 2 aromatic carbocycles. The molecule has 2 aromatic rings. The number of carbonyl (C=O) groups is 2. The molecule has 30 heavy (non-hydrogen) atoms. The first kappa shape index (κ1) is 24.2. The first-order valence-corrected chi connectivity index (χ1v) is 11.1. The van der Waals surface area contributed by atoms with Gasteiger partial charge in [0.15, 0.2) is 0 Å². The molecule has 6 heteroatoms. The number of benzene rings is 2. The normalized spacial score (nSPS) is 11.8. The molecule has 0 unspecified atom stereocenters. The lowest BCUT2D eigenvalue weighted by Gasteiger charge is -2.31. The Hall–Kier alpha value is -2.04. The molecule has 4 nitrogen and oxygen atoms in total. The fourth-order valence-corrected chi connectivity index (χ4v) is 3.63. The molecular weight excluding hydrogens is 419 g/mol. The van der Waals surface area contributed by atoms with Gasteiger partial charge in [0, 0.05) is 13.1 Å². The van der Waals surface area contributed by atoms with Gasteiger partial charge in [-0.05, 0) is 61.1 Å². The highest BCUT2D eigenvalue weighted by Crippen LogP contribution is 2.24. The van der Waals surface area contributed by atoms with E-state index in [1.54, 1.807) is 17.0 Å². The van der Waals surface area contributed by atoms with Crippen LogP contribution in [0.3, 0.4) is 0 Å². The summed E-state index contributed by atoms with van der Waals surface area (Å²) in [5, 5.41) is 3.81. The summed E-state index contributed by atoms with van der Waals surface area (Å²) in [6.45, 7) is 8.87. The number of hydrogen-bond acceptors (Lipinski definition) is 2. The van der Waals surface area contributed by atoms with Crippen molar-refractivity contribution in [3.05, 3.63) is 68.7 Å². The Morgan fingerprint density at radius 2 is 1.67 bits per heavy atom. The Kier molecular flexibility index (Phi) is 9.19. The van der Waals surface area contributed by atoms with Gasteiger partial charge < -0.3 is 10.2 Å². The van der Waals surface area contributed by atoms with Crippen molar-refractivity contribution in [2.75, 3.05) is 6.54 Å². The van der Waals surface area contributed by atoms with Crippen LogP contribution in [0, 0.1) is 13.8 Å². The van der Waals surface area contributed by atoms with E-state index in [1.807, 2.05) is 52.0 Å². The van der Waals surface area contributed by atoms with Crippen LogP contribution in [-0.2, 0) is 22.6 Å². The Balaban J connectivity index is 2.31. The van der Waals surface area contributed by atoms with E-state index in [1.165, 1.54) is 5.56 Å². The average molecular weight is 449 g/mol. The summed E-state index contributed by atoms with van der Waals surface area (Å²) in [6, 6.07) is 10.8. The maximum absolute atomic E-state index is 13.3. The van der Waals surface area contributed by atoms with Crippen LogP contribution in [0.2, 0.25) is 10.0 Å². The number of halogens is 2. The summed E-state index contributed by atoms with van der Waals surface area (Å²) in [5.74, 6) is -0.226. The molecule has 0 aliphatic carbocycles. The van der Waals surface area contributed by atoms with Gasteiger partial charge in [0.2, 0.25) is 11.8 Å². The molecule has 0 saturated heterocycles. The van der Waals surface area contributed by atoms with Crippen LogP contribution < -0.4 is 5.32 Å². The van der Waals surface area contributed by atoms with Crippen molar-refractivity contribution in [2.45, 2.75) is 59.5 Å². The molecule has 0 radical (unpaired) electrons. The second-order valence-corrected chi connectivity index (χ2v) is 8.39. The highest BCUT2D eigenvalue weighted by atomic mass is 35.5. The molecule has 2 amide bonds. The molecule has 2 rings (SSSR count). The van der Waals surface area contributed by atoms with Gasteiger partial charge >= 0.3 is 0 Å². The van der Waals surface area contributed by atoms with E-state index in [0.717, 1.165) is 23.1 Å². The van der Waals surface area contributed by atoms with E-state index in [9.17, 15) is 9.59 Å². The maximum atomic E-state index is 13.3. The summed E-state index contributed by atoms with van der Waals surface area (Å²) in [5.41, 5.74) is 4.10. The molecule has 0 aromatic heterocycles. The number of rotatable bonds is 9. The van der Waals surface area contributed by atoms with Gasteiger partial charge in [-0.15, -0.1) is 0 Å². The number of carbonyl (C=O) groups excluding carboxylic acids is 2. The monoisotopic (exact) mass is 448 g/mol. The molecule has 0 aliphatic rings. The van der Waals surface area contributed by atoms with Crippen LogP contribution in [0.25, 0.3) is 0 Å². The standard InChI is InChI=1S/C24H30Cl2N2O2/c1-5-11-27-24(30)22(6-2)28(15-19-9-10-20(25)21(26)13-19)23(29)14-18-8-7-16(3)17(4)12-18/h7-10,12-13,22H,5-6,11,14-15H2,1-4H3,(H,27,30)/t22-/m0/s1. The van der Waals surface area contributed by atoms with Crippen molar-refractivity contribution in [1.82, 2.24) is 10.2 Å². The smallest absolute Gasteiger partial charge is 0.242 e. The topological polar surface area (TPSA) is 49.4 Å². The zero-order valence-corrected chi connectivity index (χ0v) is 19.6. The lowest BCUT2D eigenvalue weighted by atomic mass is 10.0. The molecule has 0 saturated carbocycles. The summed E-state index contributed by atoms with van der Waals surface area (Å²) >= 11 is 12.2. The number of nitrogens with one attached hydrogen (secondary N) is 1. The highest BCUT2D eigenvalue weighted by molar-refractivity contribution is 6.42. The number of aryl methyl sites for hydroxylation is 2. The van der Waals surface area contributed by atoms with Crippen molar-refractivity contribution in [3.8, 4) is 0 Å². The highest BCUT2D eigenvalue weighted by Gasteiger charge is 2.28. The van der Waals surface area contributed by atoms with E-state index in [4.69, 9.17) is 23.2 Å². The minimum absolute atomic E-state index is 0.0946. The quantitative estimate of drug-likeness (QED) is 0.551. The lowest BCUT2D eigenvalue weighted by molar-refractivity contribution is -0.140. The molecule has 1 N–H and O–H groups in total. The van der Waals surface area contributed by atoms with Gasteiger partial charge in [-0.3, -0.25) is 9.59 Å². The molecule has 0 spiro atoms.